The average molecular weight is 374 g/mol. The Morgan fingerprint density at radius 3 is 2.82 bits per heavy atom. The number of amides is 1. The van der Waals surface area contributed by atoms with E-state index in [1.54, 1.807) is 6.20 Å². The highest BCUT2D eigenvalue weighted by Gasteiger charge is 2.26. The van der Waals surface area contributed by atoms with E-state index in [0.717, 1.165) is 34.6 Å². The number of pyridine rings is 1. The lowest BCUT2D eigenvalue weighted by Crippen LogP contribution is -2.35. The van der Waals surface area contributed by atoms with Crippen molar-refractivity contribution >= 4 is 5.91 Å². The summed E-state index contributed by atoms with van der Waals surface area (Å²) < 4.78 is 11.7. The molecule has 28 heavy (non-hydrogen) atoms. The summed E-state index contributed by atoms with van der Waals surface area (Å²) in [5, 5.41) is 2.95. The quantitative estimate of drug-likeness (QED) is 0.686. The Balaban J connectivity index is 1.28. The summed E-state index contributed by atoms with van der Waals surface area (Å²) in [7, 11) is 0. The van der Waals surface area contributed by atoms with E-state index in [1.807, 2.05) is 60.8 Å². The number of carbonyl (C=O) groups excluding carboxylic acids is 1. The van der Waals surface area contributed by atoms with Crippen molar-refractivity contribution in [1.82, 2.24) is 10.3 Å². The first-order valence-corrected chi connectivity index (χ1v) is 9.43. The van der Waals surface area contributed by atoms with Crippen LogP contribution in [0.4, 0.5) is 0 Å². The molecule has 1 aliphatic heterocycles. The van der Waals surface area contributed by atoms with Crippen LogP contribution in [0.1, 0.15) is 12.0 Å². The third-order valence-corrected chi connectivity index (χ3v) is 4.67. The summed E-state index contributed by atoms with van der Waals surface area (Å²) in [6.07, 6.45) is 4.63. The van der Waals surface area contributed by atoms with E-state index in [-0.39, 0.29) is 12.0 Å². The molecule has 0 saturated heterocycles. The summed E-state index contributed by atoms with van der Waals surface area (Å²) in [6, 6.07) is 19.6. The molecular formula is C23H22N2O3. The molecule has 0 aliphatic carbocycles. The van der Waals surface area contributed by atoms with Gasteiger partial charge in [-0.05, 0) is 23.8 Å². The van der Waals surface area contributed by atoms with Crippen LogP contribution in [0.3, 0.4) is 0 Å². The molecule has 0 radical (unpaired) electrons. The number of hydrogen-bond acceptors (Lipinski definition) is 4. The first-order valence-electron chi connectivity index (χ1n) is 9.43. The molecular weight excluding hydrogens is 352 g/mol. The third kappa shape index (κ3) is 4.31. The number of benzene rings is 2. The molecule has 1 N–H and O–H groups in total. The highest BCUT2D eigenvalue weighted by molar-refractivity contribution is 5.76. The Kier molecular flexibility index (Phi) is 5.52. The molecule has 142 valence electrons. The van der Waals surface area contributed by atoms with Crippen LogP contribution < -0.4 is 14.8 Å². The normalized spacial score (nSPS) is 14.8. The second-order valence-corrected chi connectivity index (χ2v) is 6.70. The molecule has 2 aromatic carbocycles. The Bertz CT molecular complexity index is 929. The fourth-order valence-electron chi connectivity index (χ4n) is 3.30. The van der Waals surface area contributed by atoms with Crippen LogP contribution in [-0.2, 0) is 11.2 Å². The minimum atomic E-state index is -0.0631. The van der Waals surface area contributed by atoms with Crippen molar-refractivity contribution in [2.24, 2.45) is 0 Å². The van der Waals surface area contributed by atoms with Gasteiger partial charge >= 0.3 is 0 Å². The number of nitrogens with one attached hydrogen (secondary N) is 1. The molecule has 0 bridgehead atoms. The summed E-state index contributed by atoms with van der Waals surface area (Å²) in [6.45, 7) is 0.831. The predicted molar refractivity (Wildman–Crippen MR) is 107 cm³/mol. The molecule has 3 aromatic rings. The van der Waals surface area contributed by atoms with Crippen LogP contribution in [0.15, 0.2) is 73.1 Å². The molecule has 0 unspecified atom stereocenters. The predicted octanol–water partition coefficient (Wildman–Crippen LogP) is 3.64. The van der Waals surface area contributed by atoms with Crippen LogP contribution in [0.5, 0.6) is 11.5 Å². The van der Waals surface area contributed by atoms with E-state index in [4.69, 9.17) is 9.47 Å². The first-order chi connectivity index (χ1) is 13.8. The largest absolute Gasteiger partial charge is 0.493 e. The van der Waals surface area contributed by atoms with Crippen LogP contribution in [-0.4, -0.2) is 30.1 Å². The zero-order valence-electron chi connectivity index (χ0n) is 15.5. The number of ether oxygens (including phenoxy) is 2. The maximum atomic E-state index is 12.1. The van der Waals surface area contributed by atoms with Crippen molar-refractivity contribution in [2.45, 2.75) is 18.9 Å². The fraction of sp³-hybridized carbons (Fsp3) is 0.217. The standard InChI is InChI=1S/C23H22N2O3/c26-22(11-13-27-19-8-2-1-3-9-19)25-16-20-14-17-6-4-10-21(23(17)28-20)18-7-5-12-24-15-18/h1-10,12,15,20H,11,13-14,16H2,(H,25,26)/t20-/m1/s1. The molecule has 1 amide bonds. The van der Waals surface area contributed by atoms with Gasteiger partial charge in [0.05, 0.1) is 19.6 Å². The lowest BCUT2D eigenvalue weighted by Gasteiger charge is -2.14. The lowest BCUT2D eigenvalue weighted by molar-refractivity contribution is -0.121. The van der Waals surface area contributed by atoms with Gasteiger partial charge in [0, 0.05) is 29.9 Å². The monoisotopic (exact) mass is 374 g/mol. The lowest BCUT2D eigenvalue weighted by atomic mass is 10.0. The van der Waals surface area contributed by atoms with Gasteiger partial charge in [0.25, 0.3) is 0 Å². The molecule has 0 spiro atoms. The van der Waals surface area contributed by atoms with E-state index in [0.29, 0.717) is 19.6 Å². The Hall–Kier alpha value is -3.34. The van der Waals surface area contributed by atoms with Gasteiger partial charge in [-0.15, -0.1) is 0 Å². The smallest absolute Gasteiger partial charge is 0.223 e. The third-order valence-electron chi connectivity index (χ3n) is 4.67. The average Bonchev–Trinajstić information content (AvgIpc) is 3.17. The van der Waals surface area contributed by atoms with Crippen molar-refractivity contribution in [3.63, 3.8) is 0 Å². The highest BCUT2D eigenvalue weighted by Crippen LogP contribution is 2.38. The van der Waals surface area contributed by atoms with E-state index in [9.17, 15) is 4.79 Å². The van der Waals surface area contributed by atoms with Crippen molar-refractivity contribution in [2.75, 3.05) is 13.2 Å². The maximum absolute atomic E-state index is 12.1. The van der Waals surface area contributed by atoms with E-state index in [2.05, 4.69) is 16.4 Å². The number of aromatic nitrogens is 1. The topological polar surface area (TPSA) is 60.5 Å². The Morgan fingerprint density at radius 2 is 2.00 bits per heavy atom. The van der Waals surface area contributed by atoms with E-state index in [1.165, 1.54) is 0 Å². The van der Waals surface area contributed by atoms with Crippen LogP contribution in [0.2, 0.25) is 0 Å². The number of rotatable bonds is 7. The van der Waals surface area contributed by atoms with Gasteiger partial charge in [-0.1, -0.05) is 42.5 Å². The number of para-hydroxylation sites is 2. The number of hydrogen-bond donors (Lipinski definition) is 1. The summed E-state index contributed by atoms with van der Waals surface area (Å²) in [5.74, 6) is 1.62. The van der Waals surface area contributed by atoms with Crippen LogP contribution in [0.25, 0.3) is 11.1 Å². The second-order valence-electron chi connectivity index (χ2n) is 6.70. The summed E-state index contributed by atoms with van der Waals surface area (Å²) in [5.41, 5.74) is 3.23. The number of nitrogens with zero attached hydrogens (tertiary/aromatic N) is 1. The maximum Gasteiger partial charge on any atom is 0.223 e. The summed E-state index contributed by atoms with van der Waals surface area (Å²) in [4.78, 5) is 16.3. The molecule has 0 fully saturated rings. The Morgan fingerprint density at radius 1 is 1.11 bits per heavy atom. The SMILES string of the molecule is O=C(CCOc1ccccc1)NC[C@H]1Cc2cccc(-c3cccnc3)c2O1. The van der Waals surface area contributed by atoms with Gasteiger partial charge in [0.2, 0.25) is 5.91 Å². The Labute approximate surface area is 164 Å². The number of fused-ring (bicyclic) bond motifs is 1. The van der Waals surface area contributed by atoms with Crippen molar-refractivity contribution < 1.29 is 14.3 Å². The van der Waals surface area contributed by atoms with Crippen molar-refractivity contribution in [1.29, 1.82) is 0 Å². The number of carbonyl (C=O) groups is 1. The van der Waals surface area contributed by atoms with Gasteiger partial charge in [-0.25, -0.2) is 0 Å². The fourth-order valence-corrected chi connectivity index (χ4v) is 3.30. The van der Waals surface area contributed by atoms with E-state index >= 15 is 0 Å². The van der Waals surface area contributed by atoms with Gasteiger partial charge in [-0.3, -0.25) is 9.78 Å². The zero-order chi connectivity index (χ0) is 19.2. The minimum Gasteiger partial charge on any atom is -0.493 e. The molecule has 5 nitrogen and oxygen atoms in total. The molecule has 2 heterocycles. The molecule has 5 heteroatoms. The molecule has 4 rings (SSSR count). The highest BCUT2D eigenvalue weighted by atomic mass is 16.5. The van der Waals surface area contributed by atoms with Gasteiger partial charge < -0.3 is 14.8 Å². The van der Waals surface area contributed by atoms with Gasteiger partial charge in [0.15, 0.2) is 0 Å². The van der Waals surface area contributed by atoms with Gasteiger partial charge in [0.1, 0.15) is 17.6 Å². The molecule has 0 saturated carbocycles. The minimum absolute atomic E-state index is 0.0389. The van der Waals surface area contributed by atoms with Gasteiger partial charge in [-0.2, -0.15) is 0 Å². The molecule has 1 atom stereocenters. The van der Waals surface area contributed by atoms with Crippen LogP contribution >= 0.6 is 0 Å². The molecule has 1 aliphatic rings. The van der Waals surface area contributed by atoms with Crippen molar-refractivity contribution in [3.05, 3.63) is 78.6 Å². The van der Waals surface area contributed by atoms with Crippen molar-refractivity contribution in [3.8, 4) is 22.6 Å². The second kappa shape index (κ2) is 8.57. The molecule has 1 aromatic heterocycles. The summed E-state index contributed by atoms with van der Waals surface area (Å²) >= 11 is 0. The van der Waals surface area contributed by atoms with Crippen LogP contribution in [0, 0.1) is 0 Å². The van der Waals surface area contributed by atoms with E-state index < -0.39 is 0 Å². The first kappa shape index (κ1) is 18.0. The zero-order valence-corrected chi connectivity index (χ0v) is 15.5.